The topological polar surface area (TPSA) is 9.23 Å². The summed E-state index contributed by atoms with van der Waals surface area (Å²) >= 11 is 4.17. The molecule has 0 unspecified atom stereocenters. The van der Waals surface area contributed by atoms with Crippen molar-refractivity contribution in [1.82, 2.24) is 0 Å². The van der Waals surface area contributed by atoms with Gasteiger partial charge < -0.3 is 4.74 Å². The van der Waals surface area contributed by atoms with Crippen LogP contribution in [0.4, 0.5) is 0 Å². The molecular weight excluding hydrogens is 226 g/mol. The van der Waals surface area contributed by atoms with Crippen molar-refractivity contribution < 1.29 is 4.74 Å². The summed E-state index contributed by atoms with van der Waals surface area (Å²) in [6.07, 6.45) is 0.0798. The molecule has 0 radical (unpaired) electrons. The van der Waals surface area contributed by atoms with Crippen molar-refractivity contribution in [1.29, 1.82) is 0 Å². The average molecular weight is 234 g/mol. The van der Waals surface area contributed by atoms with Crippen LogP contribution in [0.2, 0.25) is 0 Å². The zero-order chi connectivity index (χ0) is 8.39. The summed E-state index contributed by atoms with van der Waals surface area (Å²) < 4.78 is 5.10. The maximum Gasteiger partial charge on any atom is 0.118 e. The third-order valence-electron chi connectivity index (χ3n) is 1.52. The SMILES string of the molecule is COc1ccc(P2SPS2)cc1. The third-order valence-corrected chi connectivity index (χ3v) is 17.8. The van der Waals surface area contributed by atoms with Crippen molar-refractivity contribution in [2.45, 2.75) is 0 Å². The van der Waals surface area contributed by atoms with E-state index in [1.165, 1.54) is 5.30 Å². The molecule has 1 nitrogen and oxygen atoms in total. The quantitative estimate of drug-likeness (QED) is 0.723. The Hall–Kier alpha value is 0.580. The molecule has 0 bridgehead atoms. The maximum atomic E-state index is 5.10. The second-order valence-corrected chi connectivity index (χ2v) is 13.0. The average Bonchev–Trinajstić information content (AvgIpc) is 2.03. The summed E-state index contributed by atoms with van der Waals surface area (Å²) in [5.74, 6) is 0.951. The summed E-state index contributed by atoms with van der Waals surface area (Å²) in [4.78, 5) is 0. The molecule has 0 saturated carbocycles. The minimum atomic E-state index is 0.0798. The van der Waals surface area contributed by atoms with Crippen molar-refractivity contribution in [3.8, 4) is 5.75 Å². The van der Waals surface area contributed by atoms with E-state index in [2.05, 4.69) is 34.1 Å². The second-order valence-electron chi connectivity index (χ2n) is 2.22. The molecule has 0 aromatic heterocycles. The zero-order valence-electron chi connectivity index (χ0n) is 6.48. The number of ether oxygens (including phenoxy) is 1. The van der Waals surface area contributed by atoms with Crippen molar-refractivity contribution in [2.24, 2.45) is 0 Å². The molecule has 1 aromatic carbocycles. The van der Waals surface area contributed by atoms with Gasteiger partial charge in [-0.25, -0.2) is 0 Å². The molecule has 1 aliphatic rings. The van der Waals surface area contributed by atoms with Crippen molar-refractivity contribution in [2.75, 3.05) is 7.11 Å². The zero-order valence-corrected chi connectivity index (χ0v) is 10.0. The first-order valence-electron chi connectivity index (χ1n) is 3.43. The number of methoxy groups -OCH3 is 1. The first-order chi connectivity index (χ1) is 5.90. The normalized spacial score (nSPS) is 23.6. The number of rotatable bonds is 2. The predicted octanol–water partition coefficient (Wildman–Crippen LogP) is 3.62. The Morgan fingerprint density at radius 2 is 1.92 bits per heavy atom. The second kappa shape index (κ2) is 4.19. The van der Waals surface area contributed by atoms with Gasteiger partial charge in [0.1, 0.15) is 5.75 Å². The van der Waals surface area contributed by atoms with Crippen LogP contribution in [0.25, 0.3) is 0 Å². The van der Waals surface area contributed by atoms with Crippen LogP contribution in [0, 0.1) is 0 Å². The Kier molecular flexibility index (Phi) is 3.20. The number of benzene rings is 1. The van der Waals surface area contributed by atoms with E-state index in [1.54, 1.807) is 7.11 Å². The van der Waals surface area contributed by atoms with Gasteiger partial charge in [0, 0.05) is 6.98 Å². The lowest BCUT2D eigenvalue weighted by atomic mass is 10.3. The number of hydrogen-bond donors (Lipinski definition) is 0. The van der Waals surface area contributed by atoms with Crippen LogP contribution in [-0.4, -0.2) is 7.11 Å². The fourth-order valence-electron chi connectivity index (χ4n) is 0.884. The summed E-state index contributed by atoms with van der Waals surface area (Å²) in [7, 11) is 1.70. The molecule has 5 heteroatoms. The molecule has 0 N–H and O–H groups in total. The number of hydrogen-bond acceptors (Lipinski definition) is 3. The summed E-state index contributed by atoms with van der Waals surface area (Å²) in [6, 6.07) is 8.43. The first-order valence-corrected chi connectivity index (χ1v) is 10.1. The molecule has 0 aliphatic carbocycles. The molecule has 1 aliphatic heterocycles. The minimum absolute atomic E-state index is 0.0798. The lowest BCUT2D eigenvalue weighted by Crippen LogP contribution is -1.96. The first kappa shape index (κ1) is 9.15. The van der Waals surface area contributed by atoms with E-state index in [4.69, 9.17) is 4.74 Å². The Balaban J connectivity index is 2.13. The van der Waals surface area contributed by atoms with Gasteiger partial charge in [0.2, 0.25) is 0 Å². The third kappa shape index (κ3) is 1.90. The minimum Gasteiger partial charge on any atom is -0.497 e. The molecule has 1 saturated heterocycles. The van der Waals surface area contributed by atoms with Crippen LogP contribution in [-0.2, 0) is 0 Å². The summed E-state index contributed by atoms with van der Waals surface area (Å²) in [5.41, 5.74) is 0. The molecule has 64 valence electrons. The highest BCUT2D eigenvalue weighted by molar-refractivity contribution is 9.33. The van der Waals surface area contributed by atoms with Gasteiger partial charge in [-0.3, -0.25) is 0 Å². The van der Waals surface area contributed by atoms with E-state index in [0.717, 1.165) is 12.7 Å². The highest BCUT2D eigenvalue weighted by atomic mass is 33.6. The van der Waals surface area contributed by atoms with E-state index < -0.39 is 0 Å². The maximum absolute atomic E-state index is 5.10. The fourth-order valence-corrected chi connectivity index (χ4v) is 10.7. The van der Waals surface area contributed by atoms with Crippen molar-refractivity contribution in [3.05, 3.63) is 24.3 Å². The van der Waals surface area contributed by atoms with E-state index in [0.29, 0.717) is 0 Å². The molecule has 1 heterocycles. The standard InChI is InChI=1S/C7H8OP2S2/c1-8-6-2-4-7(5-3-6)10-11-9-12-10/h2-5,9H,1H3. The van der Waals surface area contributed by atoms with Gasteiger partial charge in [0.05, 0.1) is 13.4 Å². The van der Waals surface area contributed by atoms with Gasteiger partial charge in [0.25, 0.3) is 0 Å². The van der Waals surface area contributed by atoms with Crippen LogP contribution in [0.15, 0.2) is 24.3 Å². The molecule has 0 atom stereocenters. The molecule has 1 aromatic rings. The lowest BCUT2D eigenvalue weighted by molar-refractivity contribution is 0.415. The van der Waals surface area contributed by atoms with Gasteiger partial charge in [-0.2, -0.15) is 0 Å². The smallest absolute Gasteiger partial charge is 0.118 e. The van der Waals surface area contributed by atoms with Gasteiger partial charge in [-0.15, -0.1) is 0 Å². The van der Waals surface area contributed by atoms with Gasteiger partial charge in [0.15, 0.2) is 0 Å². The van der Waals surface area contributed by atoms with E-state index in [9.17, 15) is 0 Å². The Morgan fingerprint density at radius 1 is 1.25 bits per heavy atom. The van der Waals surface area contributed by atoms with Crippen LogP contribution in [0.1, 0.15) is 0 Å². The van der Waals surface area contributed by atoms with Gasteiger partial charge >= 0.3 is 0 Å². The lowest BCUT2D eigenvalue weighted by Gasteiger charge is -2.23. The highest BCUT2D eigenvalue weighted by Gasteiger charge is 2.21. The van der Waals surface area contributed by atoms with Crippen molar-refractivity contribution in [3.63, 3.8) is 0 Å². The largest absolute Gasteiger partial charge is 0.497 e. The van der Waals surface area contributed by atoms with Gasteiger partial charge in [-0.05, 0) is 29.6 Å². The molecule has 12 heavy (non-hydrogen) atoms. The van der Waals surface area contributed by atoms with Crippen LogP contribution in [0.5, 0.6) is 5.75 Å². The van der Waals surface area contributed by atoms with Crippen LogP contribution < -0.4 is 10.0 Å². The monoisotopic (exact) mass is 234 g/mol. The van der Waals surface area contributed by atoms with E-state index >= 15 is 0 Å². The van der Waals surface area contributed by atoms with E-state index in [-0.39, 0.29) is 6.33 Å². The van der Waals surface area contributed by atoms with Crippen LogP contribution >= 0.6 is 35.3 Å². The Bertz CT molecular complexity index is 261. The molecule has 2 rings (SSSR count). The predicted molar refractivity (Wildman–Crippen MR) is 63.0 cm³/mol. The molecule has 0 spiro atoms. The Morgan fingerprint density at radius 3 is 2.33 bits per heavy atom. The van der Waals surface area contributed by atoms with Crippen LogP contribution in [0.3, 0.4) is 0 Å². The molecule has 1 fully saturated rings. The summed E-state index contributed by atoms with van der Waals surface area (Å²) in [5, 5.41) is 1.47. The molecule has 0 amide bonds. The summed E-state index contributed by atoms with van der Waals surface area (Å²) in [6.45, 7) is 1.06. The van der Waals surface area contributed by atoms with E-state index in [1.807, 2.05) is 12.1 Å². The highest BCUT2D eigenvalue weighted by Crippen LogP contribution is 2.86. The molecular formula is C7H8OP2S2. The van der Waals surface area contributed by atoms with Crippen molar-refractivity contribution >= 4 is 40.6 Å². The fraction of sp³-hybridized carbons (Fsp3) is 0.143. The Labute approximate surface area is 82.6 Å². The van der Waals surface area contributed by atoms with Gasteiger partial charge in [-0.1, -0.05) is 22.0 Å².